The Labute approximate surface area is 286 Å². The highest BCUT2D eigenvalue weighted by Crippen LogP contribution is 2.33. The van der Waals surface area contributed by atoms with Crippen molar-refractivity contribution >= 4 is 56.5 Å². The summed E-state index contributed by atoms with van der Waals surface area (Å²) in [5, 5.41) is 9.75. The van der Waals surface area contributed by atoms with Crippen molar-refractivity contribution in [2.45, 2.75) is 73.6 Å². The molecule has 4 rings (SSSR count). The topological polar surface area (TPSA) is 105 Å². The second-order valence-corrected chi connectivity index (χ2v) is 12.5. The minimum Gasteiger partial charge on any atom is -0.469 e. The third-order valence-electron chi connectivity index (χ3n) is 8.00. The number of pyridine rings is 1. The molecular formula is C36H46BrN7O3. The number of hydrogen-bond acceptors (Lipinski definition) is 10. The van der Waals surface area contributed by atoms with Crippen LogP contribution in [0.1, 0.15) is 72.3 Å². The average molecular weight is 705 g/mol. The molecule has 1 N–H and O–H groups in total. The van der Waals surface area contributed by atoms with Crippen molar-refractivity contribution in [2.75, 3.05) is 30.4 Å². The van der Waals surface area contributed by atoms with Gasteiger partial charge in [0, 0.05) is 37.3 Å². The lowest BCUT2D eigenvalue weighted by atomic mass is 10.1. The first kappa shape index (κ1) is 35.6. The van der Waals surface area contributed by atoms with Crippen LogP contribution in [0.15, 0.2) is 75.5 Å². The fourth-order valence-corrected chi connectivity index (χ4v) is 5.81. The van der Waals surface area contributed by atoms with E-state index in [-0.39, 0.29) is 11.9 Å². The van der Waals surface area contributed by atoms with Crippen LogP contribution in [0.2, 0.25) is 0 Å². The number of anilines is 3. The summed E-state index contributed by atoms with van der Waals surface area (Å²) < 4.78 is 12.2. The summed E-state index contributed by atoms with van der Waals surface area (Å²) in [6, 6.07) is 7.89. The van der Waals surface area contributed by atoms with Crippen molar-refractivity contribution in [3.63, 3.8) is 0 Å². The molecule has 3 heterocycles. The van der Waals surface area contributed by atoms with Gasteiger partial charge < -0.3 is 19.7 Å². The molecule has 0 spiro atoms. The number of halogens is 1. The van der Waals surface area contributed by atoms with Gasteiger partial charge >= 0.3 is 5.97 Å². The normalized spacial score (nSPS) is 14.7. The van der Waals surface area contributed by atoms with Crippen molar-refractivity contribution in [3.8, 4) is 5.75 Å². The summed E-state index contributed by atoms with van der Waals surface area (Å²) in [7, 11) is 1.42. The van der Waals surface area contributed by atoms with Crippen LogP contribution in [-0.4, -0.2) is 52.3 Å². The number of nitrogens with zero attached hydrogens (tertiary/aromatic N) is 6. The Balaban J connectivity index is 1.60. The van der Waals surface area contributed by atoms with Crippen LogP contribution in [0.5, 0.6) is 5.75 Å². The fourth-order valence-electron chi connectivity index (χ4n) is 5.25. The quantitative estimate of drug-likeness (QED) is 0.0944. The van der Waals surface area contributed by atoms with Crippen molar-refractivity contribution in [3.05, 3.63) is 76.0 Å². The second kappa shape index (κ2) is 17.1. The standard InChI is InChI=1S/C36H46BrN7O3/c1-8-11-12-13-17-43(22-26(6)36(45)46-7)35-29(37)21-30-33(42-35)34(39-23-38-30)41-27-14-15-32(25(5)19-27)47-28-16-18-44(40-10-3)31(20-28)24(4)9-2/h10,14-16,18-21,23,26H,8-9,11-13,17,22H2,1-7H3,(H,38,39,41)/b31-24-,40-10-. The predicted molar refractivity (Wildman–Crippen MR) is 194 cm³/mol. The van der Waals surface area contributed by atoms with Crippen molar-refractivity contribution in [1.29, 1.82) is 0 Å². The molecule has 1 unspecified atom stereocenters. The molecule has 1 atom stereocenters. The molecule has 3 aromatic rings. The highest BCUT2D eigenvalue weighted by atomic mass is 79.9. The Kier molecular flexibility index (Phi) is 12.9. The number of hydrazone groups is 1. The van der Waals surface area contributed by atoms with Crippen LogP contribution in [0.4, 0.5) is 17.3 Å². The van der Waals surface area contributed by atoms with Gasteiger partial charge in [-0.1, -0.05) is 40.0 Å². The van der Waals surface area contributed by atoms with Crippen LogP contribution < -0.4 is 15.0 Å². The predicted octanol–water partition coefficient (Wildman–Crippen LogP) is 8.82. The highest BCUT2D eigenvalue weighted by molar-refractivity contribution is 9.10. The van der Waals surface area contributed by atoms with Crippen LogP contribution in [0.3, 0.4) is 0 Å². The summed E-state index contributed by atoms with van der Waals surface area (Å²) in [5.74, 6) is 2.26. The van der Waals surface area contributed by atoms with Gasteiger partial charge in [-0.15, -0.1) is 0 Å². The number of aryl methyl sites for hydroxylation is 1. The van der Waals surface area contributed by atoms with E-state index >= 15 is 0 Å². The Morgan fingerprint density at radius 1 is 1.19 bits per heavy atom. The molecular weight excluding hydrogens is 658 g/mol. The number of hydrogen-bond donors (Lipinski definition) is 1. The van der Waals surface area contributed by atoms with Gasteiger partial charge in [0.25, 0.3) is 0 Å². The molecule has 0 radical (unpaired) electrons. The van der Waals surface area contributed by atoms with E-state index in [9.17, 15) is 4.79 Å². The van der Waals surface area contributed by atoms with E-state index in [2.05, 4.69) is 62.0 Å². The Morgan fingerprint density at radius 2 is 2.00 bits per heavy atom. The van der Waals surface area contributed by atoms with E-state index in [0.717, 1.165) is 77.4 Å². The number of rotatable bonds is 15. The second-order valence-electron chi connectivity index (χ2n) is 11.6. The first-order valence-electron chi connectivity index (χ1n) is 16.3. The number of methoxy groups -OCH3 is 1. The molecule has 1 aliphatic heterocycles. The number of esters is 1. The Morgan fingerprint density at radius 3 is 2.70 bits per heavy atom. The van der Waals surface area contributed by atoms with Gasteiger partial charge in [-0.3, -0.25) is 4.79 Å². The maximum Gasteiger partial charge on any atom is 0.310 e. The third-order valence-corrected chi connectivity index (χ3v) is 8.59. The lowest BCUT2D eigenvalue weighted by Gasteiger charge is -2.27. The van der Waals surface area contributed by atoms with Crippen LogP contribution in [0.25, 0.3) is 11.0 Å². The van der Waals surface area contributed by atoms with E-state index in [4.69, 9.17) is 14.5 Å². The summed E-state index contributed by atoms with van der Waals surface area (Å²) >= 11 is 3.72. The molecule has 11 heteroatoms. The molecule has 0 saturated heterocycles. The third kappa shape index (κ3) is 9.18. The minimum atomic E-state index is -0.314. The Bertz CT molecular complexity index is 1680. The van der Waals surface area contributed by atoms with Gasteiger partial charge in [-0.25, -0.2) is 20.0 Å². The summed E-state index contributed by atoms with van der Waals surface area (Å²) in [6.45, 7) is 13.5. The van der Waals surface area contributed by atoms with Gasteiger partial charge in [0.2, 0.25) is 0 Å². The van der Waals surface area contributed by atoms with E-state index in [1.807, 2.05) is 68.4 Å². The maximum absolute atomic E-state index is 12.3. The smallest absolute Gasteiger partial charge is 0.310 e. The zero-order chi connectivity index (χ0) is 33.9. The number of carbonyl (C=O) groups is 1. The van der Waals surface area contributed by atoms with Gasteiger partial charge in [0.05, 0.1) is 28.7 Å². The zero-order valence-corrected chi connectivity index (χ0v) is 30.1. The summed E-state index contributed by atoms with van der Waals surface area (Å²) in [6.07, 6.45) is 14.5. The first-order chi connectivity index (χ1) is 22.7. The largest absolute Gasteiger partial charge is 0.469 e. The number of fused-ring (bicyclic) bond motifs is 1. The lowest BCUT2D eigenvalue weighted by Crippen LogP contribution is -2.34. The van der Waals surface area contributed by atoms with Gasteiger partial charge in [-0.05, 0) is 91.0 Å². The fraction of sp³-hybridized carbons (Fsp3) is 0.417. The summed E-state index contributed by atoms with van der Waals surface area (Å²) in [4.78, 5) is 28.6. The monoisotopic (exact) mass is 703 g/mol. The van der Waals surface area contributed by atoms with E-state index in [1.165, 1.54) is 19.0 Å². The Hall–Kier alpha value is -4.25. The van der Waals surface area contributed by atoms with E-state index in [0.29, 0.717) is 23.4 Å². The lowest BCUT2D eigenvalue weighted by molar-refractivity contribution is -0.144. The zero-order valence-electron chi connectivity index (χ0n) is 28.5. The van der Waals surface area contributed by atoms with Crippen molar-refractivity contribution in [2.24, 2.45) is 11.0 Å². The molecule has 0 fully saturated rings. The molecule has 2 aromatic heterocycles. The number of carbonyl (C=O) groups excluding carboxylic acids is 1. The van der Waals surface area contributed by atoms with Crippen LogP contribution in [0, 0.1) is 12.8 Å². The molecule has 250 valence electrons. The molecule has 47 heavy (non-hydrogen) atoms. The van der Waals surface area contributed by atoms with Crippen molar-refractivity contribution in [1.82, 2.24) is 20.0 Å². The van der Waals surface area contributed by atoms with Gasteiger partial charge in [0.1, 0.15) is 29.2 Å². The number of nitrogens with one attached hydrogen (secondary N) is 1. The molecule has 1 aromatic carbocycles. The van der Waals surface area contributed by atoms with E-state index < -0.39 is 0 Å². The molecule has 0 bridgehead atoms. The maximum atomic E-state index is 12.3. The number of benzene rings is 1. The molecule has 0 aliphatic carbocycles. The van der Waals surface area contributed by atoms with Gasteiger partial charge in [0.15, 0.2) is 5.82 Å². The molecule has 0 amide bonds. The van der Waals surface area contributed by atoms with Crippen LogP contribution in [-0.2, 0) is 9.53 Å². The summed E-state index contributed by atoms with van der Waals surface area (Å²) in [5.41, 5.74) is 5.36. The van der Waals surface area contributed by atoms with Crippen molar-refractivity contribution < 1.29 is 14.3 Å². The average Bonchev–Trinajstić information content (AvgIpc) is 3.07. The van der Waals surface area contributed by atoms with Crippen LogP contribution >= 0.6 is 15.9 Å². The number of allylic oxidation sites excluding steroid dienone is 3. The highest BCUT2D eigenvalue weighted by Gasteiger charge is 2.22. The number of unbranched alkanes of at least 4 members (excludes halogenated alkanes) is 3. The number of ether oxygens (including phenoxy) is 2. The molecule has 10 nitrogen and oxygen atoms in total. The van der Waals surface area contributed by atoms with Gasteiger partial charge in [-0.2, -0.15) is 5.10 Å². The molecule has 0 saturated carbocycles. The SMILES string of the molecule is C/C=N\N1C=CC(Oc2ccc(Nc3ncnc4cc(Br)c(N(CCCCCC)CC(C)C(=O)OC)nc34)cc2C)=C/C1=C(\C)CC. The number of aromatic nitrogens is 3. The first-order valence-corrected chi connectivity index (χ1v) is 17.0. The minimum absolute atomic E-state index is 0.245. The van der Waals surface area contributed by atoms with E-state index in [1.54, 1.807) is 6.21 Å². The molecule has 1 aliphatic rings.